The molecule has 1 aromatic rings. The number of aliphatic hydroxyl groups is 1. The summed E-state index contributed by atoms with van der Waals surface area (Å²) in [5.74, 6) is -0.0801. The van der Waals surface area contributed by atoms with Crippen molar-refractivity contribution in [1.82, 2.24) is 9.88 Å². The highest BCUT2D eigenvalue weighted by atomic mass is 35.5. The van der Waals surface area contributed by atoms with Crippen LogP contribution in [0.25, 0.3) is 0 Å². The third-order valence-electron chi connectivity index (χ3n) is 3.49. The summed E-state index contributed by atoms with van der Waals surface area (Å²) in [5.41, 5.74) is 0.446. The van der Waals surface area contributed by atoms with Gasteiger partial charge in [0.1, 0.15) is 5.15 Å². The summed E-state index contributed by atoms with van der Waals surface area (Å²) in [7, 11) is 0. The lowest BCUT2D eigenvalue weighted by atomic mass is 9.96. The molecule has 5 heteroatoms. The Bertz CT molecular complexity index is 451. The maximum atomic E-state index is 12.5. The van der Waals surface area contributed by atoms with Gasteiger partial charge in [0, 0.05) is 18.8 Å². The molecule has 0 unspecified atom stereocenters. The van der Waals surface area contributed by atoms with Crippen molar-refractivity contribution in [3.8, 4) is 0 Å². The van der Waals surface area contributed by atoms with Crippen LogP contribution in [0.1, 0.15) is 43.0 Å². The molecule has 4 nitrogen and oxygen atoms in total. The normalized spacial score (nSPS) is 21.2. The zero-order valence-corrected chi connectivity index (χ0v) is 11.8. The Labute approximate surface area is 118 Å². The fraction of sp³-hybridized carbons (Fsp3) is 0.571. The summed E-state index contributed by atoms with van der Waals surface area (Å²) < 4.78 is 0. The molecule has 0 spiro atoms. The van der Waals surface area contributed by atoms with Crippen molar-refractivity contribution in [1.29, 1.82) is 0 Å². The molecule has 1 N–H and O–H groups in total. The highest BCUT2D eigenvalue weighted by molar-refractivity contribution is 6.32. The molecule has 0 aromatic carbocycles. The van der Waals surface area contributed by atoms with Crippen molar-refractivity contribution in [3.63, 3.8) is 0 Å². The number of aromatic nitrogens is 1. The van der Waals surface area contributed by atoms with Crippen LogP contribution in [-0.2, 0) is 0 Å². The smallest absolute Gasteiger partial charge is 0.257 e. The van der Waals surface area contributed by atoms with E-state index in [1.54, 1.807) is 25.3 Å². The van der Waals surface area contributed by atoms with Crippen molar-refractivity contribution in [3.05, 3.63) is 29.0 Å². The number of piperidine rings is 1. The molecule has 2 atom stereocenters. The first-order valence-electron chi connectivity index (χ1n) is 6.69. The summed E-state index contributed by atoms with van der Waals surface area (Å²) in [6.07, 6.45) is 4.82. The number of aliphatic hydroxyl groups excluding tert-OH is 1. The molecule has 2 heterocycles. The number of hydrogen-bond donors (Lipinski definition) is 1. The van der Waals surface area contributed by atoms with E-state index in [2.05, 4.69) is 4.98 Å². The van der Waals surface area contributed by atoms with E-state index < -0.39 is 6.10 Å². The van der Waals surface area contributed by atoms with E-state index in [-0.39, 0.29) is 17.1 Å². The van der Waals surface area contributed by atoms with Gasteiger partial charge >= 0.3 is 0 Å². The van der Waals surface area contributed by atoms with Crippen LogP contribution in [0.15, 0.2) is 18.3 Å². The van der Waals surface area contributed by atoms with Crippen molar-refractivity contribution in [2.24, 2.45) is 0 Å². The predicted octanol–water partition coefficient (Wildman–Crippen LogP) is 2.50. The molecule has 1 amide bonds. The largest absolute Gasteiger partial charge is 0.393 e. The van der Waals surface area contributed by atoms with E-state index in [9.17, 15) is 9.90 Å². The van der Waals surface area contributed by atoms with Crippen LogP contribution in [0.5, 0.6) is 0 Å². The first kappa shape index (κ1) is 14.3. The van der Waals surface area contributed by atoms with Gasteiger partial charge in [0.15, 0.2) is 0 Å². The second-order valence-electron chi connectivity index (χ2n) is 5.07. The molecule has 1 saturated heterocycles. The Kier molecular flexibility index (Phi) is 4.77. The van der Waals surface area contributed by atoms with E-state index in [0.717, 1.165) is 25.8 Å². The van der Waals surface area contributed by atoms with E-state index in [1.165, 1.54) is 0 Å². The molecule has 1 aliphatic heterocycles. The van der Waals surface area contributed by atoms with Gasteiger partial charge in [-0.05, 0) is 44.7 Å². The van der Waals surface area contributed by atoms with E-state index in [0.29, 0.717) is 12.0 Å². The lowest BCUT2D eigenvalue weighted by Gasteiger charge is -2.36. The first-order chi connectivity index (χ1) is 9.09. The second-order valence-corrected chi connectivity index (χ2v) is 5.43. The zero-order chi connectivity index (χ0) is 13.8. The minimum Gasteiger partial charge on any atom is -0.393 e. The number of hydrogen-bond acceptors (Lipinski definition) is 3. The molecule has 0 radical (unpaired) electrons. The standard InChI is InChI=1S/C14H19ClN2O2/c1-10(18)9-11-5-2-3-8-17(11)14(19)12-6-4-7-16-13(12)15/h4,6-7,10-11,18H,2-3,5,8-9H2,1H3/t10-,11+/m0/s1. The number of likely N-dealkylation sites (tertiary alicyclic amines) is 1. The summed E-state index contributed by atoms with van der Waals surface area (Å²) >= 11 is 5.98. The Hall–Kier alpha value is -1.13. The highest BCUT2D eigenvalue weighted by Crippen LogP contribution is 2.24. The summed E-state index contributed by atoms with van der Waals surface area (Å²) in [6, 6.07) is 3.51. The number of halogens is 1. The maximum Gasteiger partial charge on any atom is 0.257 e. The van der Waals surface area contributed by atoms with Gasteiger partial charge in [-0.3, -0.25) is 4.79 Å². The van der Waals surface area contributed by atoms with Crippen molar-refractivity contribution in [2.75, 3.05) is 6.54 Å². The molecule has 1 fully saturated rings. The Morgan fingerprint density at radius 1 is 1.63 bits per heavy atom. The number of rotatable bonds is 3. The number of nitrogens with zero attached hydrogens (tertiary/aromatic N) is 2. The van der Waals surface area contributed by atoms with Crippen molar-refractivity contribution in [2.45, 2.75) is 44.8 Å². The van der Waals surface area contributed by atoms with Crippen LogP contribution in [0.2, 0.25) is 5.15 Å². The maximum absolute atomic E-state index is 12.5. The topological polar surface area (TPSA) is 53.4 Å². The Morgan fingerprint density at radius 2 is 2.42 bits per heavy atom. The van der Waals surface area contributed by atoms with Gasteiger partial charge in [0.05, 0.1) is 11.7 Å². The Morgan fingerprint density at radius 3 is 3.11 bits per heavy atom. The van der Waals surface area contributed by atoms with Crippen LogP contribution in [0.4, 0.5) is 0 Å². The van der Waals surface area contributed by atoms with Crippen LogP contribution in [0, 0.1) is 0 Å². The minimum absolute atomic E-state index is 0.0801. The summed E-state index contributed by atoms with van der Waals surface area (Å²) in [4.78, 5) is 18.3. The van der Waals surface area contributed by atoms with Crippen molar-refractivity contribution >= 4 is 17.5 Å². The molecule has 104 valence electrons. The fourth-order valence-electron chi connectivity index (χ4n) is 2.61. The van der Waals surface area contributed by atoms with Crippen LogP contribution in [0.3, 0.4) is 0 Å². The van der Waals surface area contributed by atoms with E-state index in [4.69, 9.17) is 11.6 Å². The SMILES string of the molecule is C[C@H](O)C[C@H]1CCCCN1C(=O)c1cccnc1Cl. The molecule has 0 aliphatic carbocycles. The van der Waals surface area contributed by atoms with Gasteiger partial charge in [-0.15, -0.1) is 0 Å². The predicted molar refractivity (Wildman–Crippen MR) is 74.2 cm³/mol. The first-order valence-corrected chi connectivity index (χ1v) is 7.07. The van der Waals surface area contributed by atoms with Crippen LogP contribution < -0.4 is 0 Å². The number of amides is 1. The lowest BCUT2D eigenvalue weighted by Crippen LogP contribution is -2.45. The zero-order valence-electron chi connectivity index (χ0n) is 11.1. The summed E-state index contributed by atoms with van der Waals surface area (Å²) in [6.45, 7) is 2.48. The average Bonchev–Trinajstić information content (AvgIpc) is 2.38. The van der Waals surface area contributed by atoms with E-state index >= 15 is 0 Å². The quantitative estimate of drug-likeness (QED) is 0.867. The van der Waals surface area contributed by atoms with Gasteiger partial charge in [0.25, 0.3) is 5.91 Å². The molecule has 1 aliphatic rings. The van der Waals surface area contributed by atoms with Gasteiger partial charge < -0.3 is 10.0 Å². The fourth-order valence-corrected chi connectivity index (χ4v) is 2.81. The summed E-state index contributed by atoms with van der Waals surface area (Å²) in [5, 5.41) is 9.80. The third kappa shape index (κ3) is 3.45. The van der Waals surface area contributed by atoms with Gasteiger partial charge in [-0.1, -0.05) is 11.6 Å². The molecule has 2 rings (SSSR count). The third-order valence-corrected chi connectivity index (χ3v) is 3.79. The average molecular weight is 283 g/mol. The van der Waals surface area contributed by atoms with Gasteiger partial charge in [-0.2, -0.15) is 0 Å². The van der Waals surface area contributed by atoms with Crippen LogP contribution >= 0.6 is 11.6 Å². The second kappa shape index (κ2) is 6.35. The molecular weight excluding hydrogens is 264 g/mol. The minimum atomic E-state index is -0.400. The highest BCUT2D eigenvalue weighted by Gasteiger charge is 2.29. The molecule has 19 heavy (non-hydrogen) atoms. The van der Waals surface area contributed by atoms with Crippen LogP contribution in [-0.4, -0.2) is 39.6 Å². The molecule has 1 aromatic heterocycles. The van der Waals surface area contributed by atoms with Gasteiger partial charge in [-0.25, -0.2) is 4.98 Å². The molecule has 0 bridgehead atoms. The molecule has 0 saturated carbocycles. The number of pyridine rings is 1. The monoisotopic (exact) mass is 282 g/mol. The van der Waals surface area contributed by atoms with Crippen molar-refractivity contribution < 1.29 is 9.90 Å². The van der Waals surface area contributed by atoms with E-state index in [1.807, 2.05) is 4.90 Å². The number of carbonyl (C=O) groups excluding carboxylic acids is 1. The Balaban J connectivity index is 2.18. The molecular formula is C14H19ClN2O2. The number of carbonyl (C=O) groups is 1. The van der Waals surface area contributed by atoms with Gasteiger partial charge in [0.2, 0.25) is 0 Å². The lowest BCUT2D eigenvalue weighted by molar-refractivity contribution is 0.0515.